The highest BCUT2D eigenvalue weighted by molar-refractivity contribution is 7.10. The normalized spacial score (nSPS) is 10.9. The number of carbonyl (C=O) groups is 1. The standard InChI is InChI=1S/C20H19N3O3S/c1-26-16-6-4-15(5-7-16)18-9-11-20(25)23(22-18)13-12-21-19(24)10-8-17-3-2-14-27-17/h2-11,14H,12-13H2,1H3,(H,21,24). The van der Waals surface area contributed by atoms with E-state index in [9.17, 15) is 9.59 Å². The number of thiophene rings is 1. The van der Waals surface area contributed by atoms with E-state index in [1.54, 1.807) is 30.6 Å². The summed E-state index contributed by atoms with van der Waals surface area (Å²) in [5.41, 5.74) is 1.35. The van der Waals surface area contributed by atoms with E-state index in [0.29, 0.717) is 18.8 Å². The second-order valence-corrected chi connectivity index (χ2v) is 6.63. The van der Waals surface area contributed by atoms with Crippen LogP contribution in [0.5, 0.6) is 5.75 Å². The number of benzene rings is 1. The van der Waals surface area contributed by atoms with Crippen molar-refractivity contribution in [1.82, 2.24) is 15.1 Å². The van der Waals surface area contributed by atoms with Gasteiger partial charge in [-0.2, -0.15) is 5.10 Å². The first-order valence-electron chi connectivity index (χ1n) is 8.38. The quantitative estimate of drug-likeness (QED) is 0.639. The number of hydrogen-bond donors (Lipinski definition) is 1. The fourth-order valence-corrected chi connectivity index (χ4v) is 3.03. The maximum Gasteiger partial charge on any atom is 0.266 e. The molecule has 3 aromatic rings. The van der Waals surface area contributed by atoms with Gasteiger partial charge in [0.15, 0.2) is 0 Å². The number of hydrogen-bond acceptors (Lipinski definition) is 5. The van der Waals surface area contributed by atoms with Crippen LogP contribution in [0, 0.1) is 0 Å². The van der Waals surface area contributed by atoms with Crippen LogP contribution in [0.2, 0.25) is 0 Å². The van der Waals surface area contributed by atoms with E-state index in [1.807, 2.05) is 41.8 Å². The van der Waals surface area contributed by atoms with Crippen LogP contribution in [0.25, 0.3) is 17.3 Å². The summed E-state index contributed by atoms with van der Waals surface area (Å²) in [5.74, 6) is 0.549. The smallest absolute Gasteiger partial charge is 0.266 e. The highest BCUT2D eigenvalue weighted by Gasteiger charge is 2.04. The highest BCUT2D eigenvalue weighted by atomic mass is 32.1. The van der Waals surface area contributed by atoms with Gasteiger partial charge in [0.1, 0.15) is 5.75 Å². The van der Waals surface area contributed by atoms with Gasteiger partial charge in [-0.1, -0.05) is 6.07 Å². The summed E-state index contributed by atoms with van der Waals surface area (Å²) in [6, 6.07) is 14.5. The Balaban J connectivity index is 1.61. The molecule has 0 radical (unpaired) electrons. The fraction of sp³-hybridized carbons (Fsp3) is 0.150. The van der Waals surface area contributed by atoms with E-state index < -0.39 is 0 Å². The predicted octanol–water partition coefficient (Wildman–Crippen LogP) is 2.81. The number of ether oxygens (including phenoxy) is 1. The van der Waals surface area contributed by atoms with E-state index >= 15 is 0 Å². The van der Waals surface area contributed by atoms with Gasteiger partial charge in [0.2, 0.25) is 5.91 Å². The Labute approximate surface area is 160 Å². The summed E-state index contributed by atoms with van der Waals surface area (Å²) >= 11 is 1.56. The third-order valence-corrected chi connectivity index (χ3v) is 4.65. The van der Waals surface area contributed by atoms with Crippen LogP contribution in [0.4, 0.5) is 0 Å². The molecule has 6 nitrogen and oxygen atoms in total. The molecule has 1 N–H and O–H groups in total. The minimum Gasteiger partial charge on any atom is -0.497 e. The molecule has 0 atom stereocenters. The van der Waals surface area contributed by atoms with Crippen molar-refractivity contribution in [2.75, 3.05) is 13.7 Å². The lowest BCUT2D eigenvalue weighted by atomic mass is 10.1. The molecule has 0 unspecified atom stereocenters. The Morgan fingerprint density at radius 3 is 2.74 bits per heavy atom. The molecule has 0 aliphatic heterocycles. The zero-order valence-corrected chi connectivity index (χ0v) is 15.6. The lowest BCUT2D eigenvalue weighted by Crippen LogP contribution is -2.31. The van der Waals surface area contributed by atoms with Gasteiger partial charge in [-0.3, -0.25) is 9.59 Å². The van der Waals surface area contributed by atoms with Gasteiger partial charge in [0.25, 0.3) is 5.56 Å². The topological polar surface area (TPSA) is 73.2 Å². The Morgan fingerprint density at radius 2 is 2.04 bits per heavy atom. The van der Waals surface area contributed by atoms with E-state index in [4.69, 9.17) is 4.74 Å². The van der Waals surface area contributed by atoms with Crippen molar-refractivity contribution in [2.24, 2.45) is 0 Å². The molecule has 0 saturated carbocycles. The Bertz CT molecular complexity index is 976. The van der Waals surface area contributed by atoms with Gasteiger partial charge in [-0.25, -0.2) is 4.68 Å². The number of amides is 1. The molecular formula is C20H19N3O3S. The highest BCUT2D eigenvalue weighted by Crippen LogP contribution is 2.19. The molecule has 1 aromatic carbocycles. The van der Waals surface area contributed by atoms with Gasteiger partial charge in [-0.05, 0) is 47.9 Å². The molecule has 0 fully saturated rings. The van der Waals surface area contributed by atoms with Crippen molar-refractivity contribution >= 4 is 23.3 Å². The number of rotatable bonds is 7. The second kappa shape index (κ2) is 8.95. The average molecular weight is 381 g/mol. The first kappa shape index (κ1) is 18.6. The van der Waals surface area contributed by atoms with Crippen LogP contribution < -0.4 is 15.6 Å². The summed E-state index contributed by atoms with van der Waals surface area (Å²) in [4.78, 5) is 24.9. The molecule has 2 aromatic heterocycles. The van der Waals surface area contributed by atoms with E-state index in [-0.39, 0.29) is 11.5 Å². The van der Waals surface area contributed by atoms with Crippen molar-refractivity contribution < 1.29 is 9.53 Å². The Morgan fingerprint density at radius 1 is 1.22 bits per heavy atom. The first-order chi connectivity index (χ1) is 13.2. The Hall–Kier alpha value is -3.19. The van der Waals surface area contributed by atoms with Gasteiger partial charge in [0.05, 0.1) is 19.3 Å². The maximum atomic E-state index is 12.0. The van der Waals surface area contributed by atoms with E-state index in [0.717, 1.165) is 16.2 Å². The third kappa shape index (κ3) is 5.15. The summed E-state index contributed by atoms with van der Waals surface area (Å²) in [5, 5.41) is 9.08. The van der Waals surface area contributed by atoms with Crippen LogP contribution in [0.1, 0.15) is 4.88 Å². The molecule has 3 rings (SSSR count). The number of methoxy groups -OCH3 is 1. The summed E-state index contributed by atoms with van der Waals surface area (Å²) in [6.07, 6.45) is 3.24. The molecule has 0 saturated heterocycles. The second-order valence-electron chi connectivity index (χ2n) is 5.65. The monoisotopic (exact) mass is 381 g/mol. The van der Waals surface area contributed by atoms with Crippen molar-refractivity contribution in [3.05, 3.63) is 75.2 Å². The van der Waals surface area contributed by atoms with Gasteiger partial charge in [-0.15, -0.1) is 11.3 Å². The first-order valence-corrected chi connectivity index (χ1v) is 9.26. The molecule has 0 aliphatic carbocycles. The van der Waals surface area contributed by atoms with Crippen LogP contribution in [-0.4, -0.2) is 29.3 Å². The fourth-order valence-electron chi connectivity index (χ4n) is 2.41. The molecule has 138 valence electrons. The number of carbonyl (C=O) groups excluding carboxylic acids is 1. The van der Waals surface area contributed by atoms with Crippen LogP contribution in [0.3, 0.4) is 0 Å². The van der Waals surface area contributed by atoms with Gasteiger partial charge < -0.3 is 10.1 Å². The van der Waals surface area contributed by atoms with Crippen LogP contribution in [0.15, 0.2) is 64.8 Å². The van der Waals surface area contributed by atoms with E-state index in [1.165, 1.54) is 16.8 Å². The number of aromatic nitrogens is 2. The number of nitrogens with zero attached hydrogens (tertiary/aromatic N) is 2. The van der Waals surface area contributed by atoms with Crippen LogP contribution >= 0.6 is 11.3 Å². The minimum absolute atomic E-state index is 0.206. The lowest BCUT2D eigenvalue weighted by Gasteiger charge is -2.08. The molecule has 27 heavy (non-hydrogen) atoms. The molecule has 0 aliphatic rings. The summed E-state index contributed by atoms with van der Waals surface area (Å²) < 4.78 is 6.50. The molecule has 2 heterocycles. The molecular weight excluding hydrogens is 362 g/mol. The summed E-state index contributed by atoms with van der Waals surface area (Å²) in [7, 11) is 1.61. The molecule has 7 heteroatoms. The third-order valence-electron chi connectivity index (χ3n) is 3.82. The zero-order chi connectivity index (χ0) is 19.1. The van der Waals surface area contributed by atoms with Crippen molar-refractivity contribution in [2.45, 2.75) is 6.54 Å². The Kier molecular flexibility index (Phi) is 6.17. The van der Waals surface area contributed by atoms with Crippen molar-refractivity contribution in [3.8, 4) is 17.0 Å². The minimum atomic E-state index is -0.212. The van der Waals surface area contributed by atoms with Crippen LogP contribution in [-0.2, 0) is 11.3 Å². The number of nitrogens with one attached hydrogen (secondary N) is 1. The SMILES string of the molecule is COc1ccc(-c2ccc(=O)n(CCNC(=O)C=Cc3cccs3)n2)cc1. The molecule has 0 bridgehead atoms. The van der Waals surface area contributed by atoms with Gasteiger partial charge >= 0.3 is 0 Å². The van der Waals surface area contributed by atoms with Gasteiger partial charge in [0, 0.05) is 29.1 Å². The molecule has 1 amide bonds. The van der Waals surface area contributed by atoms with E-state index in [2.05, 4.69) is 10.4 Å². The maximum absolute atomic E-state index is 12.0. The zero-order valence-electron chi connectivity index (χ0n) is 14.8. The summed E-state index contributed by atoms with van der Waals surface area (Å²) in [6.45, 7) is 0.605. The van der Waals surface area contributed by atoms with Crippen molar-refractivity contribution in [3.63, 3.8) is 0 Å². The molecule has 0 spiro atoms. The lowest BCUT2D eigenvalue weighted by molar-refractivity contribution is -0.116. The van der Waals surface area contributed by atoms with Crippen molar-refractivity contribution in [1.29, 1.82) is 0 Å². The predicted molar refractivity (Wildman–Crippen MR) is 107 cm³/mol. The average Bonchev–Trinajstić information content (AvgIpc) is 3.21. The largest absolute Gasteiger partial charge is 0.497 e.